The predicted octanol–water partition coefficient (Wildman–Crippen LogP) is 2.68. The number of likely N-dealkylation sites (tertiary alicyclic amines) is 2. The van der Waals surface area contributed by atoms with Crippen LogP contribution in [-0.4, -0.2) is 72.6 Å². The van der Waals surface area contributed by atoms with Gasteiger partial charge in [-0.2, -0.15) is 4.72 Å². The number of anilines is 1. The minimum absolute atomic E-state index is 0.208. The summed E-state index contributed by atoms with van der Waals surface area (Å²) in [7, 11) is -3.89. The summed E-state index contributed by atoms with van der Waals surface area (Å²) in [5, 5.41) is 6.08. The zero-order chi connectivity index (χ0) is 25.9. The maximum absolute atomic E-state index is 13.1. The number of hydrogen-bond acceptors (Lipinski definition) is 8. The summed E-state index contributed by atoms with van der Waals surface area (Å²) in [4.78, 5) is 46.6. The second-order valence-electron chi connectivity index (χ2n) is 8.59. The number of rotatable bonds is 8. The third kappa shape index (κ3) is 6.71. The van der Waals surface area contributed by atoms with E-state index in [-0.39, 0.29) is 18.4 Å². The summed E-state index contributed by atoms with van der Waals surface area (Å²) in [6, 6.07) is 1.77. The third-order valence-corrected chi connectivity index (χ3v) is 9.07. The number of aromatic nitrogens is 1. The Morgan fingerprint density at radius 2 is 2.03 bits per heavy atom. The molecule has 194 valence electrons. The van der Waals surface area contributed by atoms with Crippen LogP contribution in [0.2, 0.25) is 4.34 Å². The first-order chi connectivity index (χ1) is 17.1. The van der Waals surface area contributed by atoms with E-state index in [0.29, 0.717) is 53.1 Å². The van der Waals surface area contributed by atoms with Crippen LogP contribution in [0.25, 0.3) is 6.08 Å². The second kappa shape index (κ2) is 11.4. The van der Waals surface area contributed by atoms with E-state index >= 15 is 0 Å². The van der Waals surface area contributed by atoms with Crippen molar-refractivity contribution in [3.63, 3.8) is 0 Å². The number of carbonyl (C=O) groups is 3. The highest BCUT2D eigenvalue weighted by molar-refractivity contribution is 7.92. The molecule has 0 aromatic carbocycles. The number of sulfonamides is 1. The van der Waals surface area contributed by atoms with Gasteiger partial charge in [-0.1, -0.05) is 11.6 Å². The lowest BCUT2D eigenvalue weighted by atomic mass is 10.1. The summed E-state index contributed by atoms with van der Waals surface area (Å²) in [5.41, 5.74) is 0.801. The van der Waals surface area contributed by atoms with Crippen LogP contribution in [0.15, 0.2) is 22.9 Å². The first-order valence-corrected chi connectivity index (χ1v) is 15.0. The van der Waals surface area contributed by atoms with Crippen LogP contribution >= 0.6 is 34.3 Å². The fourth-order valence-electron chi connectivity index (χ4n) is 4.21. The van der Waals surface area contributed by atoms with E-state index in [9.17, 15) is 22.8 Å². The Labute approximate surface area is 222 Å². The highest BCUT2D eigenvalue weighted by Gasteiger charge is 2.37. The van der Waals surface area contributed by atoms with Crippen LogP contribution in [-0.2, 0) is 24.4 Å². The van der Waals surface area contributed by atoms with Gasteiger partial charge >= 0.3 is 0 Å². The molecule has 0 saturated carbocycles. The van der Waals surface area contributed by atoms with Crippen molar-refractivity contribution in [3.05, 3.63) is 37.8 Å². The quantitative estimate of drug-likeness (QED) is 0.501. The van der Waals surface area contributed by atoms with Crippen molar-refractivity contribution < 1.29 is 22.8 Å². The molecule has 2 aromatic heterocycles. The van der Waals surface area contributed by atoms with Gasteiger partial charge in [0.15, 0.2) is 5.13 Å². The molecule has 14 heteroatoms. The second-order valence-corrected chi connectivity index (χ2v) is 12.8. The van der Waals surface area contributed by atoms with Crippen LogP contribution in [0.4, 0.5) is 5.13 Å². The number of thiazole rings is 1. The molecule has 10 nitrogen and oxygen atoms in total. The molecule has 2 aromatic rings. The fourth-order valence-corrected chi connectivity index (χ4v) is 6.97. The van der Waals surface area contributed by atoms with E-state index in [1.54, 1.807) is 12.1 Å². The highest BCUT2D eigenvalue weighted by Crippen LogP contribution is 2.24. The van der Waals surface area contributed by atoms with Crippen LogP contribution in [0.1, 0.15) is 36.3 Å². The summed E-state index contributed by atoms with van der Waals surface area (Å²) >= 11 is 8.42. The summed E-state index contributed by atoms with van der Waals surface area (Å²) in [6.45, 7) is 2.39. The topological polar surface area (TPSA) is 129 Å². The molecule has 3 amide bonds. The van der Waals surface area contributed by atoms with Crippen molar-refractivity contribution >= 4 is 73.2 Å². The van der Waals surface area contributed by atoms with E-state index in [1.807, 2.05) is 12.3 Å². The first kappa shape index (κ1) is 26.7. The number of piperidine rings is 1. The molecular weight excluding hydrogens is 546 g/mol. The maximum Gasteiger partial charge on any atom is 0.248 e. The van der Waals surface area contributed by atoms with Crippen LogP contribution < -0.4 is 10.0 Å². The van der Waals surface area contributed by atoms with Crippen LogP contribution in [0, 0.1) is 6.92 Å². The normalized spacial score (nSPS) is 20.9. The largest absolute Gasteiger partial charge is 0.332 e. The molecule has 2 aliphatic heterocycles. The third-order valence-electron chi connectivity index (χ3n) is 5.89. The molecule has 2 fully saturated rings. The van der Waals surface area contributed by atoms with Crippen molar-refractivity contribution in [2.24, 2.45) is 0 Å². The number of nitrogens with zero attached hydrogens (tertiary/aromatic N) is 3. The lowest BCUT2D eigenvalue weighted by Gasteiger charge is -2.33. The molecular formula is C22H26ClN5O5S3. The van der Waals surface area contributed by atoms with Crippen LogP contribution in [0.5, 0.6) is 0 Å². The summed E-state index contributed by atoms with van der Waals surface area (Å²) in [5.74, 6) is -1.09. The van der Waals surface area contributed by atoms with Gasteiger partial charge in [-0.3, -0.25) is 14.4 Å². The molecule has 0 spiro atoms. The Morgan fingerprint density at radius 3 is 2.72 bits per heavy atom. The van der Waals surface area contributed by atoms with Gasteiger partial charge in [0.2, 0.25) is 27.7 Å². The average Bonchev–Trinajstić information content (AvgIpc) is 3.56. The van der Waals surface area contributed by atoms with Gasteiger partial charge < -0.3 is 15.1 Å². The molecule has 0 aliphatic carbocycles. The molecule has 36 heavy (non-hydrogen) atoms. The van der Waals surface area contributed by atoms with Crippen molar-refractivity contribution in [2.75, 3.05) is 25.0 Å². The predicted molar refractivity (Wildman–Crippen MR) is 140 cm³/mol. The van der Waals surface area contributed by atoms with E-state index in [0.717, 1.165) is 11.1 Å². The van der Waals surface area contributed by atoms with Crippen molar-refractivity contribution in [2.45, 2.75) is 44.7 Å². The molecule has 0 unspecified atom stereocenters. The molecule has 0 bridgehead atoms. The number of hydrogen-bond donors (Lipinski definition) is 2. The molecule has 2 saturated heterocycles. The summed E-state index contributed by atoms with van der Waals surface area (Å²) in [6.07, 6.45) is 3.51. The lowest BCUT2D eigenvalue weighted by Crippen LogP contribution is -2.55. The van der Waals surface area contributed by atoms with Gasteiger partial charge in [-0.15, -0.1) is 22.7 Å². The smallest absolute Gasteiger partial charge is 0.248 e. The zero-order valence-electron chi connectivity index (χ0n) is 19.5. The molecule has 4 heterocycles. The van der Waals surface area contributed by atoms with Gasteiger partial charge in [0.1, 0.15) is 12.1 Å². The lowest BCUT2D eigenvalue weighted by molar-refractivity contribution is -0.144. The minimum atomic E-state index is -3.89. The molecule has 2 N–H and O–H groups in total. The van der Waals surface area contributed by atoms with Gasteiger partial charge in [0, 0.05) is 28.8 Å². The Balaban J connectivity index is 1.35. The number of thiophene rings is 1. The summed E-state index contributed by atoms with van der Waals surface area (Å²) < 4.78 is 28.0. The standard InChI is InChI=1S/C22H26ClN5O5S3/c1-14-13-34-22(24-14)25-20(30)17-5-3-10-28(17)19(29)12-27-9-2-4-16(21(27)31)26-36(32,33)11-8-15-6-7-18(23)35-15/h6-8,11,13,16-17,26H,2-5,9-10,12H2,1H3,(H,24,25,30)/t16-,17-/m0/s1. The Morgan fingerprint density at radius 1 is 1.25 bits per heavy atom. The van der Waals surface area contributed by atoms with E-state index in [2.05, 4.69) is 15.0 Å². The number of amides is 3. The van der Waals surface area contributed by atoms with Gasteiger partial charge in [0.05, 0.1) is 16.6 Å². The van der Waals surface area contributed by atoms with Crippen molar-refractivity contribution in [1.29, 1.82) is 0 Å². The Kier molecular flexibility index (Phi) is 8.45. The zero-order valence-corrected chi connectivity index (χ0v) is 22.7. The van der Waals surface area contributed by atoms with E-state index < -0.39 is 28.0 Å². The molecule has 2 atom stereocenters. The monoisotopic (exact) mass is 571 g/mol. The van der Waals surface area contributed by atoms with Crippen molar-refractivity contribution in [3.8, 4) is 0 Å². The number of aryl methyl sites for hydroxylation is 1. The molecule has 2 aliphatic rings. The molecule has 0 radical (unpaired) electrons. The van der Waals surface area contributed by atoms with Gasteiger partial charge in [-0.25, -0.2) is 13.4 Å². The Hall–Kier alpha value is -2.32. The molecule has 4 rings (SSSR count). The Bertz CT molecular complexity index is 1270. The minimum Gasteiger partial charge on any atom is -0.332 e. The van der Waals surface area contributed by atoms with Crippen molar-refractivity contribution in [1.82, 2.24) is 19.5 Å². The van der Waals surface area contributed by atoms with Crippen LogP contribution in [0.3, 0.4) is 0 Å². The fraction of sp³-hybridized carbons (Fsp3) is 0.455. The number of nitrogens with one attached hydrogen (secondary N) is 2. The highest BCUT2D eigenvalue weighted by atomic mass is 35.5. The average molecular weight is 572 g/mol. The SMILES string of the molecule is Cc1csc(NC(=O)[C@@H]2CCCN2C(=O)CN2CCC[C@H](NS(=O)(=O)C=Cc3ccc(Cl)s3)C2=O)n1. The van der Waals surface area contributed by atoms with E-state index in [4.69, 9.17) is 11.6 Å². The number of halogens is 1. The van der Waals surface area contributed by atoms with Gasteiger partial charge in [0.25, 0.3) is 0 Å². The first-order valence-electron chi connectivity index (χ1n) is 11.4. The maximum atomic E-state index is 13.1. The van der Waals surface area contributed by atoms with E-state index in [1.165, 1.54) is 38.5 Å². The van der Waals surface area contributed by atoms with Gasteiger partial charge in [-0.05, 0) is 50.8 Å². The number of carbonyl (C=O) groups excluding carboxylic acids is 3.